The van der Waals surface area contributed by atoms with Gasteiger partial charge in [0.2, 0.25) is 0 Å². The van der Waals surface area contributed by atoms with Crippen molar-refractivity contribution in [1.29, 1.82) is 0 Å². The third kappa shape index (κ3) is 3.24. The highest BCUT2D eigenvalue weighted by Crippen LogP contribution is 2.12. The van der Waals surface area contributed by atoms with Crippen LogP contribution < -0.4 is 5.32 Å². The largest absolute Gasteiger partial charge is 0.385 e. The van der Waals surface area contributed by atoms with Crippen LogP contribution in [-0.2, 0) is 6.42 Å². The lowest BCUT2D eigenvalue weighted by Crippen LogP contribution is -2.06. The average molecular weight is 234 g/mol. The predicted molar refractivity (Wildman–Crippen MR) is 62.8 cm³/mol. The number of pyridine rings is 1. The summed E-state index contributed by atoms with van der Waals surface area (Å²) in [6.45, 7) is 0.627. The highest BCUT2D eigenvalue weighted by molar-refractivity contribution is 5.43. The Morgan fingerprint density at radius 2 is 1.94 bits per heavy atom. The third-order valence-electron chi connectivity index (χ3n) is 2.36. The highest BCUT2D eigenvalue weighted by atomic mass is 19.2. The Morgan fingerprint density at radius 1 is 1.06 bits per heavy atom. The zero-order valence-corrected chi connectivity index (χ0v) is 9.16. The monoisotopic (exact) mass is 234 g/mol. The summed E-state index contributed by atoms with van der Waals surface area (Å²) in [5, 5.41) is 3.01. The van der Waals surface area contributed by atoms with E-state index in [-0.39, 0.29) is 0 Å². The summed E-state index contributed by atoms with van der Waals surface area (Å²) >= 11 is 0. The van der Waals surface area contributed by atoms with Crippen LogP contribution in [0.5, 0.6) is 0 Å². The smallest absolute Gasteiger partial charge is 0.160 e. The van der Waals surface area contributed by atoms with Gasteiger partial charge in [0.1, 0.15) is 0 Å². The van der Waals surface area contributed by atoms with Crippen molar-refractivity contribution in [2.24, 2.45) is 0 Å². The molecule has 0 spiro atoms. The van der Waals surface area contributed by atoms with Crippen molar-refractivity contribution < 1.29 is 8.78 Å². The molecule has 0 amide bonds. The van der Waals surface area contributed by atoms with Crippen molar-refractivity contribution in [2.45, 2.75) is 6.42 Å². The van der Waals surface area contributed by atoms with E-state index < -0.39 is 11.6 Å². The number of anilines is 1. The molecule has 0 radical (unpaired) electrons. The molecule has 2 nitrogen and oxygen atoms in total. The minimum Gasteiger partial charge on any atom is -0.385 e. The Balaban J connectivity index is 1.88. The van der Waals surface area contributed by atoms with Crippen LogP contribution in [0.1, 0.15) is 5.69 Å². The van der Waals surface area contributed by atoms with Crippen molar-refractivity contribution in [3.8, 4) is 0 Å². The molecule has 0 saturated carbocycles. The first-order valence-corrected chi connectivity index (χ1v) is 5.34. The van der Waals surface area contributed by atoms with Gasteiger partial charge in [0, 0.05) is 30.5 Å². The maximum atomic E-state index is 12.9. The van der Waals surface area contributed by atoms with E-state index in [1.807, 2.05) is 18.2 Å². The molecular weight excluding hydrogens is 222 g/mol. The lowest BCUT2D eigenvalue weighted by Gasteiger charge is -2.06. The number of hydrogen-bond donors (Lipinski definition) is 1. The summed E-state index contributed by atoms with van der Waals surface area (Å²) in [5.41, 5.74) is 1.53. The van der Waals surface area contributed by atoms with Crippen LogP contribution in [-0.4, -0.2) is 11.5 Å². The molecule has 0 aliphatic carbocycles. The lowest BCUT2D eigenvalue weighted by atomic mass is 10.2. The molecule has 0 aliphatic heterocycles. The first kappa shape index (κ1) is 11.5. The van der Waals surface area contributed by atoms with E-state index in [0.29, 0.717) is 12.2 Å². The molecule has 4 heteroatoms. The maximum absolute atomic E-state index is 12.9. The second-order valence-electron chi connectivity index (χ2n) is 3.63. The van der Waals surface area contributed by atoms with Gasteiger partial charge < -0.3 is 5.32 Å². The van der Waals surface area contributed by atoms with Crippen molar-refractivity contribution in [2.75, 3.05) is 11.9 Å². The summed E-state index contributed by atoms with van der Waals surface area (Å²) in [6, 6.07) is 9.46. The molecule has 0 atom stereocenters. The van der Waals surface area contributed by atoms with Gasteiger partial charge in [-0.15, -0.1) is 0 Å². The molecule has 0 unspecified atom stereocenters. The highest BCUT2D eigenvalue weighted by Gasteiger charge is 2.01. The third-order valence-corrected chi connectivity index (χ3v) is 2.36. The van der Waals surface area contributed by atoms with E-state index in [9.17, 15) is 8.78 Å². The van der Waals surface area contributed by atoms with Crippen LogP contribution >= 0.6 is 0 Å². The van der Waals surface area contributed by atoms with Gasteiger partial charge in [0.25, 0.3) is 0 Å². The van der Waals surface area contributed by atoms with Gasteiger partial charge in [-0.1, -0.05) is 6.07 Å². The minimum atomic E-state index is -0.840. The molecule has 1 aromatic heterocycles. The molecule has 1 heterocycles. The molecule has 2 rings (SSSR count). The minimum absolute atomic E-state index is 0.569. The van der Waals surface area contributed by atoms with Gasteiger partial charge >= 0.3 is 0 Å². The van der Waals surface area contributed by atoms with Gasteiger partial charge in [-0.25, -0.2) is 8.78 Å². The van der Waals surface area contributed by atoms with E-state index in [1.54, 1.807) is 6.20 Å². The van der Waals surface area contributed by atoms with Gasteiger partial charge in [0.15, 0.2) is 11.6 Å². The van der Waals surface area contributed by atoms with E-state index >= 15 is 0 Å². The van der Waals surface area contributed by atoms with E-state index in [0.717, 1.165) is 24.2 Å². The number of nitrogens with one attached hydrogen (secondary N) is 1. The first-order chi connectivity index (χ1) is 8.25. The second-order valence-corrected chi connectivity index (χ2v) is 3.63. The first-order valence-electron chi connectivity index (χ1n) is 5.34. The Morgan fingerprint density at radius 3 is 2.65 bits per heavy atom. The van der Waals surface area contributed by atoms with Gasteiger partial charge in [0.05, 0.1) is 0 Å². The predicted octanol–water partition coefficient (Wildman–Crippen LogP) is 3.01. The topological polar surface area (TPSA) is 24.9 Å². The quantitative estimate of drug-likeness (QED) is 0.879. The van der Waals surface area contributed by atoms with Crippen LogP contribution in [0.2, 0.25) is 0 Å². The van der Waals surface area contributed by atoms with Crippen LogP contribution in [0.25, 0.3) is 0 Å². The van der Waals surface area contributed by atoms with Crippen molar-refractivity contribution >= 4 is 5.69 Å². The van der Waals surface area contributed by atoms with Crippen molar-refractivity contribution in [1.82, 2.24) is 4.98 Å². The summed E-state index contributed by atoms with van der Waals surface area (Å²) in [7, 11) is 0. The Bertz CT molecular complexity index is 486. The second kappa shape index (κ2) is 5.39. The Labute approximate surface area is 98.3 Å². The number of benzene rings is 1. The van der Waals surface area contributed by atoms with Crippen LogP contribution in [0.4, 0.5) is 14.5 Å². The fourth-order valence-corrected chi connectivity index (χ4v) is 1.49. The fourth-order valence-electron chi connectivity index (χ4n) is 1.49. The number of nitrogens with zero attached hydrogens (tertiary/aromatic N) is 1. The van der Waals surface area contributed by atoms with Gasteiger partial charge in [-0.3, -0.25) is 4.98 Å². The molecule has 17 heavy (non-hydrogen) atoms. The van der Waals surface area contributed by atoms with E-state index in [4.69, 9.17) is 0 Å². The summed E-state index contributed by atoms with van der Waals surface area (Å²) in [4.78, 5) is 4.17. The number of aromatic nitrogens is 1. The summed E-state index contributed by atoms with van der Waals surface area (Å²) < 4.78 is 25.6. The molecule has 1 aromatic carbocycles. The molecule has 1 N–H and O–H groups in total. The fraction of sp³-hybridized carbons (Fsp3) is 0.154. The van der Waals surface area contributed by atoms with Crippen LogP contribution in [0.15, 0.2) is 42.6 Å². The Hall–Kier alpha value is -1.97. The lowest BCUT2D eigenvalue weighted by molar-refractivity contribution is 0.509. The molecule has 88 valence electrons. The number of rotatable bonds is 4. The van der Waals surface area contributed by atoms with E-state index in [2.05, 4.69) is 10.3 Å². The Kier molecular flexibility index (Phi) is 3.65. The van der Waals surface area contributed by atoms with E-state index in [1.165, 1.54) is 6.07 Å². The normalized spacial score (nSPS) is 10.2. The molecule has 0 bridgehead atoms. The summed E-state index contributed by atoms with van der Waals surface area (Å²) in [6.07, 6.45) is 2.47. The molecular formula is C13H12F2N2. The molecule has 0 fully saturated rings. The number of halogens is 2. The SMILES string of the molecule is Fc1ccc(NCCc2ccccn2)cc1F. The van der Waals surface area contributed by atoms with Crippen LogP contribution in [0, 0.1) is 11.6 Å². The van der Waals surface area contributed by atoms with Gasteiger partial charge in [-0.05, 0) is 30.3 Å². The number of hydrogen-bond acceptors (Lipinski definition) is 2. The standard InChI is InChI=1S/C13H12F2N2/c14-12-5-4-11(9-13(12)15)17-8-6-10-3-1-2-7-16-10/h1-5,7,9,17H,6,8H2. The molecule has 2 aromatic rings. The van der Waals surface area contributed by atoms with Gasteiger partial charge in [-0.2, -0.15) is 0 Å². The van der Waals surface area contributed by atoms with Crippen LogP contribution in [0.3, 0.4) is 0 Å². The van der Waals surface area contributed by atoms with Crippen molar-refractivity contribution in [3.05, 3.63) is 59.9 Å². The van der Waals surface area contributed by atoms with Crippen molar-refractivity contribution in [3.63, 3.8) is 0 Å². The molecule has 0 saturated heterocycles. The molecule has 0 aliphatic rings. The zero-order chi connectivity index (χ0) is 12.1. The zero-order valence-electron chi connectivity index (χ0n) is 9.16. The summed E-state index contributed by atoms with van der Waals surface area (Å²) in [5.74, 6) is -1.67. The maximum Gasteiger partial charge on any atom is 0.160 e. The average Bonchev–Trinajstić information content (AvgIpc) is 2.35.